The topological polar surface area (TPSA) is 81.7 Å². The van der Waals surface area contributed by atoms with E-state index in [0.29, 0.717) is 10.8 Å². The van der Waals surface area contributed by atoms with Gasteiger partial charge in [0.15, 0.2) is 11.5 Å². The quantitative estimate of drug-likeness (QED) is 0.891. The Morgan fingerprint density at radius 2 is 1.70 bits per heavy atom. The maximum absolute atomic E-state index is 12.3. The summed E-state index contributed by atoms with van der Waals surface area (Å²) in [5, 5.41) is 0.393. The number of ether oxygens (including phenoxy) is 2. The lowest BCUT2D eigenvalue weighted by Crippen LogP contribution is -2.30. The second-order valence-corrected chi connectivity index (χ2v) is 6.55. The van der Waals surface area contributed by atoms with E-state index in [0.717, 1.165) is 0 Å². The first-order chi connectivity index (χ1) is 10.9. The Morgan fingerprint density at radius 1 is 1.04 bits per heavy atom. The Kier molecular flexibility index (Phi) is 5.12. The van der Waals surface area contributed by atoms with E-state index in [1.54, 1.807) is 12.1 Å². The molecule has 0 unspecified atom stereocenters. The van der Waals surface area contributed by atoms with Crippen molar-refractivity contribution in [1.29, 1.82) is 0 Å². The van der Waals surface area contributed by atoms with Crippen molar-refractivity contribution in [1.82, 2.24) is 4.72 Å². The number of carbonyl (C=O) groups is 1. The van der Waals surface area contributed by atoms with Gasteiger partial charge in [-0.25, -0.2) is 13.1 Å². The van der Waals surface area contributed by atoms with Crippen LogP contribution in [0, 0.1) is 0 Å². The molecular weight excluding hydrogens is 342 g/mol. The van der Waals surface area contributed by atoms with E-state index < -0.39 is 15.9 Å². The normalized spacial score (nSPS) is 10.9. The van der Waals surface area contributed by atoms with Crippen LogP contribution in [0.3, 0.4) is 0 Å². The first-order valence-corrected chi connectivity index (χ1v) is 8.29. The summed E-state index contributed by atoms with van der Waals surface area (Å²) in [6, 6.07) is 10.1. The molecule has 0 bridgehead atoms. The van der Waals surface area contributed by atoms with Crippen molar-refractivity contribution < 1.29 is 22.7 Å². The molecule has 8 heteroatoms. The zero-order chi connectivity index (χ0) is 17.0. The highest BCUT2D eigenvalue weighted by molar-refractivity contribution is 7.90. The van der Waals surface area contributed by atoms with Gasteiger partial charge in [0, 0.05) is 5.02 Å². The largest absolute Gasteiger partial charge is 0.493 e. The number of rotatable bonds is 5. The fraction of sp³-hybridized carbons (Fsp3) is 0.133. The maximum Gasteiger partial charge on any atom is 0.268 e. The van der Waals surface area contributed by atoms with Gasteiger partial charge in [-0.05, 0) is 36.4 Å². The van der Waals surface area contributed by atoms with E-state index >= 15 is 0 Å². The second kappa shape index (κ2) is 6.89. The molecule has 0 heterocycles. The monoisotopic (exact) mass is 355 g/mol. The van der Waals surface area contributed by atoms with E-state index in [9.17, 15) is 13.2 Å². The van der Waals surface area contributed by atoms with E-state index in [-0.39, 0.29) is 16.2 Å². The second-order valence-electron chi connectivity index (χ2n) is 4.43. The minimum atomic E-state index is -4.02. The molecule has 0 saturated heterocycles. The van der Waals surface area contributed by atoms with Gasteiger partial charge < -0.3 is 9.47 Å². The number of carbonyl (C=O) groups excluding carboxylic acids is 1. The standard InChI is InChI=1S/C15H14ClNO5S/c1-21-13-5-3-4-12(14(13)22-2)15(18)17-23(19,20)11-8-6-10(16)7-9-11/h3-9H,1-2H3,(H,17,18). The molecule has 2 aromatic carbocycles. The van der Waals surface area contributed by atoms with Gasteiger partial charge in [-0.1, -0.05) is 17.7 Å². The van der Waals surface area contributed by atoms with E-state index in [4.69, 9.17) is 21.1 Å². The molecule has 0 fully saturated rings. The SMILES string of the molecule is COc1cccc(C(=O)NS(=O)(=O)c2ccc(Cl)cc2)c1OC. The van der Waals surface area contributed by atoms with Crippen LogP contribution in [-0.4, -0.2) is 28.5 Å². The van der Waals surface area contributed by atoms with Gasteiger partial charge in [0.25, 0.3) is 15.9 Å². The zero-order valence-corrected chi connectivity index (χ0v) is 13.9. The third-order valence-corrected chi connectivity index (χ3v) is 4.60. The molecule has 122 valence electrons. The number of methoxy groups -OCH3 is 2. The zero-order valence-electron chi connectivity index (χ0n) is 12.4. The minimum Gasteiger partial charge on any atom is -0.493 e. The van der Waals surface area contributed by atoms with Crippen LogP contribution in [0.15, 0.2) is 47.4 Å². The molecule has 2 aromatic rings. The van der Waals surface area contributed by atoms with Gasteiger partial charge >= 0.3 is 0 Å². The lowest BCUT2D eigenvalue weighted by Gasteiger charge is -2.12. The summed E-state index contributed by atoms with van der Waals surface area (Å²) >= 11 is 5.72. The van der Waals surface area contributed by atoms with E-state index in [1.807, 2.05) is 4.72 Å². The van der Waals surface area contributed by atoms with Crippen LogP contribution in [0.2, 0.25) is 5.02 Å². The minimum absolute atomic E-state index is 0.0457. The third kappa shape index (κ3) is 3.75. The van der Waals surface area contributed by atoms with Crippen LogP contribution in [0.4, 0.5) is 0 Å². The summed E-state index contributed by atoms with van der Waals surface area (Å²) < 4.78 is 36.7. The first-order valence-electron chi connectivity index (χ1n) is 6.42. The Labute approximate surface area is 139 Å². The van der Waals surface area contributed by atoms with Crippen LogP contribution in [-0.2, 0) is 10.0 Å². The molecule has 6 nitrogen and oxygen atoms in total. The highest BCUT2D eigenvalue weighted by Gasteiger charge is 2.22. The molecule has 0 spiro atoms. The average Bonchev–Trinajstić information content (AvgIpc) is 2.53. The van der Waals surface area contributed by atoms with Crippen LogP contribution in [0.25, 0.3) is 0 Å². The maximum atomic E-state index is 12.3. The summed E-state index contributed by atoms with van der Waals surface area (Å²) in [6.45, 7) is 0. The molecule has 0 aliphatic heterocycles. The molecule has 0 aliphatic carbocycles. The van der Waals surface area contributed by atoms with Crippen LogP contribution < -0.4 is 14.2 Å². The fourth-order valence-electron chi connectivity index (χ4n) is 1.92. The predicted octanol–water partition coefficient (Wildman–Crippen LogP) is 2.48. The van der Waals surface area contributed by atoms with Crippen molar-refractivity contribution in [2.24, 2.45) is 0 Å². The molecule has 23 heavy (non-hydrogen) atoms. The third-order valence-electron chi connectivity index (χ3n) is 3.00. The van der Waals surface area contributed by atoms with Crippen molar-refractivity contribution in [2.45, 2.75) is 4.90 Å². The summed E-state index contributed by atoms with van der Waals surface area (Å²) in [5.74, 6) is -0.349. The molecule has 0 saturated carbocycles. The smallest absolute Gasteiger partial charge is 0.268 e. The van der Waals surface area contributed by atoms with Crippen molar-refractivity contribution in [2.75, 3.05) is 14.2 Å². The van der Waals surface area contributed by atoms with Crippen LogP contribution >= 0.6 is 11.6 Å². The molecule has 0 radical (unpaired) electrons. The first kappa shape index (κ1) is 17.1. The van der Waals surface area contributed by atoms with Gasteiger partial charge in [0.2, 0.25) is 0 Å². The summed E-state index contributed by atoms with van der Waals surface area (Å²) in [5.41, 5.74) is 0.0457. The number of amides is 1. The molecule has 2 rings (SSSR count). The Bertz CT molecular complexity index is 818. The van der Waals surface area contributed by atoms with Crippen molar-refractivity contribution >= 4 is 27.5 Å². The lowest BCUT2D eigenvalue weighted by molar-refractivity contribution is 0.0978. The van der Waals surface area contributed by atoms with Gasteiger partial charge in [-0.15, -0.1) is 0 Å². The number of nitrogens with one attached hydrogen (secondary N) is 1. The number of sulfonamides is 1. The Morgan fingerprint density at radius 3 is 2.26 bits per heavy atom. The summed E-state index contributed by atoms with van der Waals surface area (Å²) in [6.07, 6.45) is 0. The van der Waals surface area contributed by atoms with E-state index in [2.05, 4.69) is 0 Å². The molecular formula is C15H14ClNO5S. The number of benzene rings is 2. The van der Waals surface area contributed by atoms with E-state index in [1.165, 1.54) is 44.6 Å². The average molecular weight is 356 g/mol. The fourth-order valence-corrected chi connectivity index (χ4v) is 3.01. The molecule has 1 N–H and O–H groups in total. The highest BCUT2D eigenvalue weighted by Crippen LogP contribution is 2.30. The number of para-hydroxylation sites is 1. The summed E-state index contributed by atoms with van der Waals surface area (Å²) in [4.78, 5) is 12.2. The van der Waals surface area contributed by atoms with Gasteiger partial charge in [-0.2, -0.15) is 0 Å². The van der Waals surface area contributed by atoms with Crippen LogP contribution in [0.1, 0.15) is 10.4 Å². The molecule has 0 aliphatic rings. The number of halogens is 1. The lowest BCUT2D eigenvalue weighted by atomic mass is 10.2. The number of hydrogen-bond donors (Lipinski definition) is 1. The number of hydrogen-bond acceptors (Lipinski definition) is 5. The van der Waals surface area contributed by atoms with Gasteiger partial charge in [0.1, 0.15) is 0 Å². The molecule has 0 aromatic heterocycles. The van der Waals surface area contributed by atoms with Crippen molar-refractivity contribution in [3.63, 3.8) is 0 Å². The van der Waals surface area contributed by atoms with Crippen molar-refractivity contribution in [3.8, 4) is 11.5 Å². The predicted molar refractivity (Wildman–Crippen MR) is 85.7 cm³/mol. The molecule has 1 amide bonds. The van der Waals surface area contributed by atoms with Gasteiger partial charge in [0.05, 0.1) is 24.7 Å². The molecule has 0 atom stereocenters. The summed E-state index contributed by atoms with van der Waals surface area (Å²) in [7, 11) is -1.24. The Hall–Kier alpha value is -2.25. The van der Waals surface area contributed by atoms with Gasteiger partial charge in [-0.3, -0.25) is 4.79 Å². The highest BCUT2D eigenvalue weighted by atomic mass is 35.5. The Balaban J connectivity index is 2.33. The van der Waals surface area contributed by atoms with Crippen LogP contribution in [0.5, 0.6) is 11.5 Å². The van der Waals surface area contributed by atoms with Crippen molar-refractivity contribution in [3.05, 3.63) is 53.1 Å².